The molecule has 0 atom stereocenters. The highest BCUT2D eigenvalue weighted by molar-refractivity contribution is 7.10. The van der Waals surface area contributed by atoms with Crippen LogP contribution in [0.15, 0.2) is 35.7 Å². The molecular formula is C15H16N4S. The van der Waals surface area contributed by atoms with Crippen LogP contribution in [-0.2, 0) is 6.54 Å². The van der Waals surface area contributed by atoms with Gasteiger partial charge in [0, 0.05) is 22.7 Å². The van der Waals surface area contributed by atoms with Crippen LogP contribution in [0.1, 0.15) is 16.3 Å². The Bertz CT molecular complexity index is 714. The third-order valence-corrected chi connectivity index (χ3v) is 4.16. The van der Waals surface area contributed by atoms with E-state index in [4.69, 9.17) is 0 Å². The minimum Gasteiger partial charge on any atom is -0.380 e. The van der Waals surface area contributed by atoms with E-state index in [1.165, 1.54) is 10.4 Å². The zero-order valence-corrected chi connectivity index (χ0v) is 12.3. The number of hydrogen-bond acceptors (Lipinski definition) is 4. The van der Waals surface area contributed by atoms with Crippen molar-refractivity contribution in [3.63, 3.8) is 0 Å². The molecular weight excluding hydrogens is 268 g/mol. The molecule has 2 aromatic heterocycles. The van der Waals surface area contributed by atoms with Gasteiger partial charge in [0.15, 0.2) is 5.82 Å². The van der Waals surface area contributed by atoms with Crippen LogP contribution in [-0.4, -0.2) is 15.2 Å². The van der Waals surface area contributed by atoms with Crippen LogP contribution in [0.2, 0.25) is 0 Å². The molecule has 0 saturated heterocycles. The predicted molar refractivity (Wildman–Crippen MR) is 82.9 cm³/mol. The van der Waals surface area contributed by atoms with Gasteiger partial charge in [-0.15, -0.1) is 11.3 Å². The Balaban J connectivity index is 1.76. The fraction of sp³-hybridized carbons (Fsp3) is 0.200. The van der Waals surface area contributed by atoms with Gasteiger partial charge in [-0.1, -0.05) is 12.1 Å². The Morgan fingerprint density at radius 1 is 1.25 bits per heavy atom. The first-order valence-corrected chi connectivity index (χ1v) is 7.36. The fourth-order valence-electron chi connectivity index (χ4n) is 2.01. The Morgan fingerprint density at radius 2 is 2.15 bits per heavy atom. The molecule has 0 unspecified atom stereocenters. The molecule has 3 rings (SSSR count). The molecule has 0 bridgehead atoms. The fourth-order valence-corrected chi connectivity index (χ4v) is 2.85. The molecule has 2 heterocycles. The van der Waals surface area contributed by atoms with E-state index in [0.717, 1.165) is 29.4 Å². The number of hydrogen-bond donors (Lipinski definition) is 2. The lowest BCUT2D eigenvalue weighted by Gasteiger charge is -2.07. The number of thiophene rings is 1. The Morgan fingerprint density at radius 3 is 2.85 bits per heavy atom. The van der Waals surface area contributed by atoms with Crippen molar-refractivity contribution in [1.82, 2.24) is 15.2 Å². The average Bonchev–Trinajstić information content (AvgIpc) is 3.06. The molecule has 4 nitrogen and oxygen atoms in total. The standard InChI is InChI=1S/C15H16N4S/c1-10-6-7-20-14(10)9-16-13-5-3-4-12(8-13)15-17-11(2)18-19-15/h3-8,16H,9H2,1-2H3,(H,17,18,19). The van der Waals surface area contributed by atoms with Crippen LogP contribution in [0.25, 0.3) is 11.4 Å². The van der Waals surface area contributed by atoms with E-state index < -0.39 is 0 Å². The van der Waals surface area contributed by atoms with Gasteiger partial charge in [-0.2, -0.15) is 5.10 Å². The Kier molecular flexibility index (Phi) is 3.52. The molecule has 1 aromatic carbocycles. The van der Waals surface area contributed by atoms with Crippen molar-refractivity contribution in [3.05, 3.63) is 52.0 Å². The number of H-pyrrole nitrogens is 1. The van der Waals surface area contributed by atoms with Crippen LogP contribution in [0.4, 0.5) is 5.69 Å². The van der Waals surface area contributed by atoms with Crippen LogP contribution >= 0.6 is 11.3 Å². The van der Waals surface area contributed by atoms with Crippen LogP contribution < -0.4 is 5.32 Å². The summed E-state index contributed by atoms with van der Waals surface area (Å²) in [5, 5.41) is 12.6. The molecule has 20 heavy (non-hydrogen) atoms. The van der Waals surface area contributed by atoms with E-state index in [0.29, 0.717) is 0 Å². The van der Waals surface area contributed by atoms with Gasteiger partial charge in [0.2, 0.25) is 0 Å². The summed E-state index contributed by atoms with van der Waals surface area (Å²) in [6.45, 7) is 4.89. The average molecular weight is 284 g/mol. The van der Waals surface area contributed by atoms with E-state index in [1.807, 2.05) is 19.1 Å². The lowest BCUT2D eigenvalue weighted by Crippen LogP contribution is -1.98. The predicted octanol–water partition coefficient (Wildman–Crippen LogP) is 3.76. The zero-order valence-electron chi connectivity index (χ0n) is 11.5. The number of nitrogens with one attached hydrogen (secondary N) is 2. The Hall–Kier alpha value is -2.14. The smallest absolute Gasteiger partial charge is 0.181 e. The first kappa shape index (κ1) is 12.9. The van der Waals surface area contributed by atoms with Crippen molar-refractivity contribution >= 4 is 17.0 Å². The number of aromatic nitrogens is 3. The molecule has 2 N–H and O–H groups in total. The molecule has 3 aromatic rings. The highest BCUT2D eigenvalue weighted by Gasteiger charge is 2.05. The first-order valence-electron chi connectivity index (χ1n) is 6.48. The summed E-state index contributed by atoms with van der Waals surface area (Å²) in [7, 11) is 0. The number of benzene rings is 1. The highest BCUT2D eigenvalue weighted by atomic mass is 32.1. The minimum absolute atomic E-state index is 0.735. The molecule has 102 valence electrons. The molecule has 0 radical (unpaired) electrons. The quantitative estimate of drug-likeness (QED) is 0.767. The van der Waals surface area contributed by atoms with Crippen LogP contribution in [0.3, 0.4) is 0 Å². The van der Waals surface area contributed by atoms with Crippen molar-refractivity contribution in [2.45, 2.75) is 20.4 Å². The van der Waals surface area contributed by atoms with Gasteiger partial charge in [0.05, 0.1) is 0 Å². The number of rotatable bonds is 4. The lowest BCUT2D eigenvalue weighted by atomic mass is 10.2. The highest BCUT2D eigenvalue weighted by Crippen LogP contribution is 2.21. The summed E-state index contributed by atoms with van der Waals surface area (Å²) in [6, 6.07) is 10.3. The van der Waals surface area contributed by atoms with Gasteiger partial charge in [0.1, 0.15) is 5.82 Å². The van der Waals surface area contributed by atoms with Crippen LogP contribution in [0, 0.1) is 13.8 Å². The maximum atomic E-state index is 4.35. The SMILES string of the molecule is Cc1nc(-c2cccc(NCc3sccc3C)c2)n[nH]1. The van der Waals surface area contributed by atoms with Crippen molar-refractivity contribution in [1.29, 1.82) is 0 Å². The summed E-state index contributed by atoms with van der Waals surface area (Å²) in [6.07, 6.45) is 0. The zero-order chi connectivity index (χ0) is 13.9. The van der Waals surface area contributed by atoms with E-state index in [1.54, 1.807) is 11.3 Å². The second kappa shape index (κ2) is 5.46. The molecule has 0 aliphatic rings. The summed E-state index contributed by atoms with van der Waals surface area (Å²) in [5.41, 5.74) is 3.43. The normalized spacial score (nSPS) is 10.7. The van der Waals surface area contributed by atoms with Crippen molar-refractivity contribution < 1.29 is 0 Å². The number of anilines is 1. The molecule has 0 spiro atoms. The molecule has 5 heteroatoms. The summed E-state index contributed by atoms with van der Waals surface area (Å²) < 4.78 is 0. The molecule has 0 saturated carbocycles. The molecule has 0 fully saturated rings. The van der Waals surface area contributed by atoms with Gasteiger partial charge in [0.25, 0.3) is 0 Å². The lowest BCUT2D eigenvalue weighted by molar-refractivity contribution is 1.04. The van der Waals surface area contributed by atoms with E-state index >= 15 is 0 Å². The largest absolute Gasteiger partial charge is 0.380 e. The van der Waals surface area contributed by atoms with Gasteiger partial charge < -0.3 is 5.32 Å². The van der Waals surface area contributed by atoms with Crippen molar-refractivity contribution in [2.75, 3.05) is 5.32 Å². The summed E-state index contributed by atoms with van der Waals surface area (Å²) in [5.74, 6) is 1.56. The van der Waals surface area contributed by atoms with Gasteiger partial charge in [-0.05, 0) is 43.0 Å². The van der Waals surface area contributed by atoms with E-state index in [-0.39, 0.29) is 0 Å². The second-order valence-electron chi connectivity index (χ2n) is 4.71. The first-order chi connectivity index (χ1) is 9.72. The third-order valence-electron chi connectivity index (χ3n) is 3.14. The number of nitrogens with zero attached hydrogens (tertiary/aromatic N) is 2. The molecule has 0 aliphatic carbocycles. The number of aryl methyl sites for hydroxylation is 2. The summed E-state index contributed by atoms with van der Waals surface area (Å²) in [4.78, 5) is 5.72. The maximum absolute atomic E-state index is 4.35. The Labute approximate surface area is 121 Å². The van der Waals surface area contributed by atoms with Gasteiger partial charge in [-0.25, -0.2) is 4.98 Å². The van der Waals surface area contributed by atoms with Crippen LogP contribution in [0.5, 0.6) is 0 Å². The topological polar surface area (TPSA) is 53.6 Å². The second-order valence-corrected chi connectivity index (χ2v) is 5.71. The van der Waals surface area contributed by atoms with Gasteiger partial charge in [-0.3, -0.25) is 5.10 Å². The monoisotopic (exact) mass is 284 g/mol. The summed E-state index contributed by atoms with van der Waals surface area (Å²) >= 11 is 1.78. The minimum atomic E-state index is 0.735. The van der Waals surface area contributed by atoms with Crippen molar-refractivity contribution in [2.24, 2.45) is 0 Å². The third kappa shape index (κ3) is 2.72. The number of aromatic amines is 1. The van der Waals surface area contributed by atoms with Gasteiger partial charge >= 0.3 is 0 Å². The van der Waals surface area contributed by atoms with Crippen molar-refractivity contribution in [3.8, 4) is 11.4 Å². The molecule has 0 aliphatic heterocycles. The van der Waals surface area contributed by atoms with E-state index in [2.05, 4.69) is 51.0 Å². The molecule has 0 amide bonds. The maximum Gasteiger partial charge on any atom is 0.181 e. The van der Waals surface area contributed by atoms with E-state index in [9.17, 15) is 0 Å².